The molecule has 0 amide bonds. The number of rotatable bonds is 7. The lowest BCUT2D eigenvalue weighted by Gasteiger charge is -2.31. The Labute approximate surface area is 159 Å². The summed E-state index contributed by atoms with van der Waals surface area (Å²) in [5, 5.41) is 11.2. The van der Waals surface area contributed by atoms with Crippen LogP contribution in [0.3, 0.4) is 0 Å². The van der Waals surface area contributed by atoms with Crippen LogP contribution in [0, 0.1) is 0 Å². The van der Waals surface area contributed by atoms with E-state index in [4.69, 9.17) is 4.99 Å². The van der Waals surface area contributed by atoms with Gasteiger partial charge in [0, 0.05) is 42.0 Å². The fourth-order valence-corrected chi connectivity index (χ4v) is 4.68. The molecule has 0 saturated carbocycles. The Kier molecular flexibility index (Phi) is 6.90. The first-order chi connectivity index (χ1) is 12.3. The summed E-state index contributed by atoms with van der Waals surface area (Å²) in [6.45, 7) is 9.25. The second-order valence-electron chi connectivity index (χ2n) is 6.41. The van der Waals surface area contributed by atoms with E-state index in [1.54, 1.807) is 4.88 Å². The number of hydrogen-bond donors (Lipinski definition) is 2. The van der Waals surface area contributed by atoms with E-state index in [-0.39, 0.29) is 0 Å². The van der Waals surface area contributed by atoms with Gasteiger partial charge in [0.1, 0.15) is 0 Å². The maximum Gasteiger partial charge on any atom is 0.191 e. The standard InChI is InChI=1S/C19H28N4S2/c1-3-20-19(21-9-6-17-5-4-11-24-17)22-13-15(2)23-10-7-18-16(14-23)8-12-25-18/h4-5,8,11-12,15H,3,6-7,9-10,13-14H2,1-2H3,(H2,20,21,22). The maximum atomic E-state index is 4.81. The van der Waals surface area contributed by atoms with Gasteiger partial charge < -0.3 is 10.6 Å². The van der Waals surface area contributed by atoms with Crippen LogP contribution < -0.4 is 10.6 Å². The normalized spacial score (nSPS) is 16.5. The van der Waals surface area contributed by atoms with Crippen molar-refractivity contribution < 1.29 is 0 Å². The quantitative estimate of drug-likeness (QED) is 0.575. The molecule has 2 aromatic heterocycles. The smallest absolute Gasteiger partial charge is 0.191 e. The molecule has 0 aromatic carbocycles. The highest BCUT2D eigenvalue weighted by atomic mass is 32.1. The summed E-state index contributed by atoms with van der Waals surface area (Å²) < 4.78 is 0. The summed E-state index contributed by atoms with van der Waals surface area (Å²) in [5.74, 6) is 0.930. The van der Waals surface area contributed by atoms with Gasteiger partial charge in [-0.2, -0.15) is 0 Å². The van der Waals surface area contributed by atoms with Crippen molar-refractivity contribution in [1.82, 2.24) is 15.5 Å². The van der Waals surface area contributed by atoms with Crippen LogP contribution in [0.1, 0.15) is 29.2 Å². The van der Waals surface area contributed by atoms with Crippen LogP contribution in [-0.4, -0.2) is 43.1 Å². The zero-order chi connectivity index (χ0) is 17.5. The summed E-state index contributed by atoms with van der Waals surface area (Å²) in [6.07, 6.45) is 2.23. The Bertz CT molecular complexity index is 663. The zero-order valence-electron chi connectivity index (χ0n) is 15.1. The molecule has 1 unspecified atom stereocenters. The number of guanidine groups is 1. The minimum absolute atomic E-state index is 0.459. The second kappa shape index (κ2) is 9.36. The molecule has 2 N–H and O–H groups in total. The van der Waals surface area contributed by atoms with Gasteiger partial charge in [-0.3, -0.25) is 9.89 Å². The molecule has 3 heterocycles. The van der Waals surface area contributed by atoms with Crippen molar-refractivity contribution in [1.29, 1.82) is 0 Å². The van der Waals surface area contributed by atoms with Gasteiger partial charge in [0.25, 0.3) is 0 Å². The van der Waals surface area contributed by atoms with Crippen molar-refractivity contribution in [2.24, 2.45) is 4.99 Å². The number of nitrogens with one attached hydrogen (secondary N) is 2. The molecule has 2 aromatic rings. The van der Waals surface area contributed by atoms with Crippen molar-refractivity contribution in [2.45, 2.75) is 39.3 Å². The predicted molar refractivity (Wildman–Crippen MR) is 110 cm³/mol. The molecule has 1 aliphatic heterocycles. The lowest BCUT2D eigenvalue weighted by atomic mass is 10.1. The summed E-state index contributed by atoms with van der Waals surface area (Å²) in [5.41, 5.74) is 1.51. The fraction of sp³-hybridized carbons (Fsp3) is 0.526. The Morgan fingerprint density at radius 2 is 2.20 bits per heavy atom. The van der Waals surface area contributed by atoms with Gasteiger partial charge in [-0.25, -0.2) is 0 Å². The van der Waals surface area contributed by atoms with Gasteiger partial charge in [-0.05, 0) is 55.1 Å². The molecule has 0 radical (unpaired) electrons. The molecule has 4 nitrogen and oxygen atoms in total. The molecular weight excluding hydrogens is 348 g/mol. The molecule has 1 atom stereocenters. The van der Waals surface area contributed by atoms with Crippen LogP contribution in [-0.2, 0) is 19.4 Å². The minimum Gasteiger partial charge on any atom is -0.357 e. The molecule has 3 rings (SSSR count). The van der Waals surface area contributed by atoms with Gasteiger partial charge in [0.15, 0.2) is 5.96 Å². The van der Waals surface area contributed by atoms with Crippen LogP contribution in [0.5, 0.6) is 0 Å². The van der Waals surface area contributed by atoms with E-state index >= 15 is 0 Å². The summed E-state index contributed by atoms with van der Waals surface area (Å²) in [4.78, 5) is 10.3. The van der Waals surface area contributed by atoms with Crippen LogP contribution in [0.4, 0.5) is 0 Å². The van der Waals surface area contributed by atoms with Crippen LogP contribution in [0.2, 0.25) is 0 Å². The van der Waals surface area contributed by atoms with E-state index in [0.29, 0.717) is 6.04 Å². The van der Waals surface area contributed by atoms with Gasteiger partial charge >= 0.3 is 0 Å². The number of nitrogens with zero attached hydrogens (tertiary/aromatic N) is 2. The lowest BCUT2D eigenvalue weighted by molar-refractivity contribution is 0.197. The highest BCUT2D eigenvalue weighted by Gasteiger charge is 2.21. The van der Waals surface area contributed by atoms with E-state index in [1.165, 1.54) is 16.9 Å². The van der Waals surface area contributed by atoms with E-state index in [2.05, 4.69) is 58.3 Å². The molecule has 0 bridgehead atoms. The topological polar surface area (TPSA) is 39.7 Å². The van der Waals surface area contributed by atoms with Gasteiger partial charge in [-0.15, -0.1) is 22.7 Å². The summed E-state index contributed by atoms with van der Waals surface area (Å²) in [6, 6.07) is 7.03. The number of fused-ring (bicyclic) bond motifs is 1. The number of aliphatic imine (C=N–C) groups is 1. The molecule has 0 aliphatic carbocycles. The van der Waals surface area contributed by atoms with E-state index in [0.717, 1.165) is 45.1 Å². The Morgan fingerprint density at radius 1 is 1.28 bits per heavy atom. The first-order valence-electron chi connectivity index (χ1n) is 9.10. The molecule has 0 spiro atoms. The molecule has 136 valence electrons. The second-order valence-corrected chi connectivity index (χ2v) is 8.45. The number of hydrogen-bond acceptors (Lipinski definition) is 4. The van der Waals surface area contributed by atoms with Crippen molar-refractivity contribution in [3.63, 3.8) is 0 Å². The highest BCUT2D eigenvalue weighted by Crippen LogP contribution is 2.25. The van der Waals surface area contributed by atoms with Gasteiger partial charge in [0.2, 0.25) is 0 Å². The SMILES string of the molecule is CCNC(=NCC(C)N1CCc2sccc2C1)NCCc1cccs1. The largest absolute Gasteiger partial charge is 0.357 e. The third-order valence-electron chi connectivity index (χ3n) is 4.56. The lowest BCUT2D eigenvalue weighted by Crippen LogP contribution is -2.41. The van der Waals surface area contributed by atoms with Crippen LogP contribution in [0.25, 0.3) is 0 Å². The zero-order valence-corrected chi connectivity index (χ0v) is 16.8. The highest BCUT2D eigenvalue weighted by molar-refractivity contribution is 7.10. The monoisotopic (exact) mass is 376 g/mol. The minimum atomic E-state index is 0.459. The maximum absolute atomic E-state index is 4.81. The van der Waals surface area contributed by atoms with E-state index in [9.17, 15) is 0 Å². The molecule has 6 heteroatoms. The molecule has 0 saturated heterocycles. The van der Waals surface area contributed by atoms with E-state index in [1.807, 2.05) is 22.7 Å². The first kappa shape index (κ1) is 18.4. The van der Waals surface area contributed by atoms with Crippen molar-refractivity contribution in [2.75, 3.05) is 26.2 Å². The van der Waals surface area contributed by atoms with Crippen LogP contribution >= 0.6 is 22.7 Å². The average molecular weight is 377 g/mol. The van der Waals surface area contributed by atoms with E-state index < -0.39 is 0 Å². The van der Waals surface area contributed by atoms with Crippen molar-refractivity contribution in [3.05, 3.63) is 44.3 Å². The Hall–Kier alpha value is -1.37. The Balaban J connectivity index is 1.48. The van der Waals surface area contributed by atoms with Gasteiger partial charge in [0.05, 0.1) is 6.54 Å². The summed E-state index contributed by atoms with van der Waals surface area (Å²) >= 11 is 3.71. The molecule has 0 fully saturated rings. The third-order valence-corrected chi connectivity index (χ3v) is 6.52. The molecule has 1 aliphatic rings. The third kappa shape index (κ3) is 5.30. The Morgan fingerprint density at radius 3 is 3.00 bits per heavy atom. The first-order valence-corrected chi connectivity index (χ1v) is 10.9. The van der Waals surface area contributed by atoms with Crippen molar-refractivity contribution in [3.8, 4) is 0 Å². The van der Waals surface area contributed by atoms with Gasteiger partial charge in [-0.1, -0.05) is 6.07 Å². The molecule has 25 heavy (non-hydrogen) atoms. The number of thiophene rings is 2. The molecular formula is C19H28N4S2. The fourth-order valence-electron chi connectivity index (χ4n) is 3.09. The average Bonchev–Trinajstić information content (AvgIpc) is 3.30. The van der Waals surface area contributed by atoms with Crippen molar-refractivity contribution >= 4 is 28.6 Å². The van der Waals surface area contributed by atoms with Crippen LogP contribution in [0.15, 0.2) is 34.0 Å². The summed E-state index contributed by atoms with van der Waals surface area (Å²) in [7, 11) is 0. The predicted octanol–water partition coefficient (Wildman–Crippen LogP) is 3.35.